The fourth-order valence-electron chi connectivity index (χ4n) is 2.76. The Bertz CT molecular complexity index is 683. The zero-order chi connectivity index (χ0) is 14.4. The minimum atomic E-state index is -3.60. The van der Waals surface area contributed by atoms with Crippen LogP contribution in [0, 0.1) is 22.7 Å². The molecule has 0 aromatic heterocycles. The Morgan fingerprint density at radius 1 is 1.40 bits per heavy atom. The summed E-state index contributed by atoms with van der Waals surface area (Å²) >= 11 is 0. The Kier molecular flexibility index (Phi) is 3.00. The summed E-state index contributed by atoms with van der Waals surface area (Å²) in [6.07, 6.45) is 4.67. The second kappa shape index (κ2) is 4.47. The molecule has 0 unspecified atom stereocenters. The van der Waals surface area contributed by atoms with Crippen LogP contribution in [0.2, 0.25) is 0 Å². The maximum atomic E-state index is 12.3. The van der Waals surface area contributed by atoms with Gasteiger partial charge in [-0.2, -0.15) is 5.26 Å². The number of nitriles is 1. The summed E-state index contributed by atoms with van der Waals surface area (Å²) in [7, 11) is -3.60. The summed E-state index contributed by atoms with van der Waals surface area (Å²) in [4.78, 5) is 0.0584. The molecule has 2 aliphatic carbocycles. The number of benzene rings is 1. The predicted octanol–water partition coefficient (Wildman–Crippen LogP) is 1.61. The number of anilines is 1. The maximum absolute atomic E-state index is 12.3. The minimum Gasteiger partial charge on any atom is -0.398 e. The van der Waals surface area contributed by atoms with Crippen LogP contribution in [0.15, 0.2) is 23.1 Å². The van der Waals surface area contributed by atoms with Gasteiger partial charge in [-0.25, -0.2) is 13.1 Å². The summed E-state index contributed by atoms with van der Waals surface area (Å²) in [6.45, 7) is 0.499. The predicted molar refractivity (Wildman–Crippen MR) is 75.1 cm³/mol. The van der Waals surface area contributed by atoms with Crippen molar-refractivity contribution in [3.05, 3.63) is 23.8 Å². The maximum Gasteiger partial charge on any atom is 0.242 e. The highest BCUT2D eigenvalue weighted by Crippen LogP contribution is 2.60. The number of hydrogen-bond acceptors (Lipinski definition) is 4. The van der Waals surface area contributed by atoms with Gasteiger partial charge in [-0.1, -0.05) is 0 Å². The Morgan fingerprint density at radius 3 is 2.60 bits per heavy atom. The molecule has 0 spiro atoms. The molecule has 20 heavy (non-hydrogen) atoms. The molecule has 0 atom stereocenters. The first-order valence-corrected chi connectivity index (χ1v) is 8.24. The first-order chi connectivity index (χ1) is 9.47. The molecule has 3 rings (SSSR count). The molecule has 0 amide bonds. The largest absolute Gasteiger partial charge is 0.398 e. The van der Waals surface area contributed by atoms with E-state index in [1.165, 1.54) is 31.0 Å². The van der Waals surface area contributed by atoms with Gasteiger partial charge < -0.3 is 5.73 Å². The fourth-order valence-corrected chi connectivity index (χ4v) is 4.01. The second-order valence-corrected chi connectivity index (χ2v) is 7.56. The molecule has 2 saturated carbocycles. The zero-order valence-electron chi connectivity index (χ0n) is 11.1. The number of nitrogens with zero attached hydrogens (tertiary/aromatic N) is 1. The fraction of sp³-hybridized carbons (Fsp3) is 0.500. The van der Waals surface area contributed by atoms with Crippen molar-refractivity contribution in [1.29, 1.82) is 5.26 Å². The van der Waals surface area contributed by atoms with Gasteiger partial charge in [-0.15, -0.1) is 0 Å². The molecule has 1 aromatic rings. The van der Waals surface area contributed by atoms with Crippen LogP contribution in [-0.4, -0.2) is 15.0 Å². The average Bonchev–Trinajstić information content (AvgIpc) is 3.27. The van der Waals surface area contributed by atoms with E-state index in [4.69, 9.17) is 11.0 Å². The molecular formula is C14H17N3O2S. The Morgan fingerprint density at radius 2 is 2.10 bits per heavy atom. The summed E-state index contributed by atoms with van der Waals surface area (Å²) in [6, 6.07) is 6.20. The smallest absolute Gasteiger partial charge is 0.242 e. The van der Waals surface area contributed by atoms with Crippen LogP contribution in [0.3, 0.4) is 0 Å². The molecule has 0 heterocycles. The van der Waals surface area contributed by atoms with Crippen molar-refractivity contribution in [3.63, 3.8) is 0 Å². The zero-order valence-corrected chi connectivity index (χ0v) is 11.9. The lowest BCUT2D eigenvalue weighted by Crippen LogP contribution is -2.31. The van der Waals surface area contributed by atoms with Crippen molar-refractivity contribution < 1.29 is 8.42 Å². The van der Waals surface area contributed by atoms with Crippen LogP contribution in [-0.2, 0) is 10.0 Å². The van der Waals surface area contributed by atoms with Crippen LogP contribution in [0.5, 0.6) is 0 Å². The van der Waals surface area contributed by atoms with Crippen LogP contribution in [0.4, 0.5) is 5.69 Å². The SMILES string of the molecule is N#Cc1ccc(S(=O)(=O)NCC2(C3CC3)CC2)c(N)c1. The van der Waals surface area contributed by atoms with Crippen molar-refractivity contribution >= 4 is 15.7 Å². The van der Waals surface area contributed by atoms with E-state index < -0.39 is 10.0 Å². The number of nitrogens with two attached hydrogens (primary N) is 1. The van der Waals surface area contributed by atoms with E-state index in [2.05, 4.69) is 4.72 Å². The highest BCUT2D eigenvalue weighted by Gasteiger charge is 2.53. The first-order valence-electron chi connectivity index (χ1n) is 6.76. The molecule has 1 aromatic carbocycles. The van der Waals surface area contributed by atoms with E-state index in [1.807, 2.05) is 6.07 Å². The van der Waals surface area contributed by atoms with Crippen molar-refractivity contribution in [2.75, 3.05) is 12.3 Å². The lowest BCUT2D eigenvalue weighted by atomic mass is 10.0. The number of sulfonamides is 1. The van der Waals surface area contributed by atoms with E-state index in [0.29, 0.717) is 18.0 Å². The molecule has 0 aliphatic heterocycles. The van der Waals surface area contributed by atoms with E-state index in [9.17, 15) is 8.42 Å². The van der Waals surface area contributed by atoms with Crippen LogP contribution >= 0.6 is 0 Å². The summed E-state index contributed by atoms with van der Waals surface area (Å²) in [5.74, 6) is 0.698. The molecule has 0 saturated heterocycles. The van der Waals surface area contributed by atoms with Crippen molar-refractivity contribution in [3.8, 4) is 6.07 Å². The van der Waals surface area contributed by atoms with E-state index in [0.717, 1.165) is 12.8 Å². The van der Waals surface area contributed by atoms with Gasteiger partial charge >= 0.3 is 0 Å². The van der Waals surface area contributed by atoms with Crippen molar-refractivity contribution in [2.24, 2.45) is 11.3 Å². The number of rotatable bonds is 5. The number of nitrogens with one attached hydrogen (secondary N) is 1. The minimum absolute atomic E-state index is 0.0584. The Hall–Kier alpha value is -1.58. The van der Waals surface area contributed by atoms with Crippen LogP contribution < -0.4 is 10.5 Å². The summed E-state index contributed by atoms with van der Waals surface area (Å²) in [5, 5.41) is 8.77. The monoisotopic (exact) mass is 291 g/mol. The molecule has 3 N–H and O–H groups in total. The van der Waals surface area contributed by atoms with Gasteiger partial charge in [0, 0.05) is 6.54 Å². The Balaban J connectivity index is 1.76. The van der Waals surface area contributed by atoms with Gasteiger partial charge in [0.1, 0.15) is 4.90 Å². The second-order valence-electron chi connectivity index (χ2n) is 5.83. The normalized spacial score (nSPS) is 20.4. The first kappa shape index (κ1) is 13.4. The van der Waals surface area contributed by atoms with Crippen LogP contribution in [0.1, 0.15) is 31.2 Å². The number of nitrogen functional groups attached to an aromatic ring is 1. The lowest BCUT2D eigenvalue weighted by Gasteiger charge is -2.16. The molecule has 2 aliphatic rings. The highest BCUT2D eigenvalue weighted by molar-refractivity contribution is 7.89. The molecule has 0 radical (unpaired) electrons. The van der Waals surface area contributed by atoms with Crippen molar-refractivity contribution in [2.45, 2.75) is 30.6 Å². The van der Waals surface area contributed by atoms with E-state index in [-0.39, 0.29) is 16.0 Å². The van der Waals surface area contributed by atoms with Gasteiger partial charge in [-0.05, 0) is 55.2 Å². The molecule has 5 nitrogen and oxygen atoms in total. The van der Waals surface area contributed by atoms with Gasteiger partial charge in [0.2, 0.25) is 10.0 Å². The molecule has 2 fully saturated rings. The lowest BCUT2D eigenvalue weighted by molar-refractivity contribution is 0.432. The number of hydrogen-bond donors (Lipinski definition) is 2. The molecular weight excluding hydrogens is 274 g/mol. The van der Waals surface area contributed by atoms with E-state index >= 15 is 0 Å². The third-order valence-corrected chi connectivity index (χ3v) is 5.85. The van der Waals surface area contributed by atoms with Gasteiger partial charge in [0.25, 0.3) is 0 Å². The molecule has 0 bridgehead atoms. The van der Waals surface area contributed by atoms with Crippen molar-refractivity contribution in [1.82, 2.24) is 4.72 Å². The third kappa shape index (κ3) is 2.39. The standard InChI is InChI=1S/C14H17N3O2S/c15-8-10-1-4-13(12(16)7-10)20(18,19)17-9-14(5-6-14)11-2-3-11/h1,4,7,11,17H,2-3,5-6,9,16H2. The van der Waals surface area contributed by atoms with Gasteiger partial charge in [-0.3, -0.25) is 0 Å². The molecule has 6 heteroatoms. The van der Waals surface area contributed by atoms with Crippen LogP contribution in [0.25, 0.3) is 0 Å². The Labute approximate surface area is 118 Å². The van der Waals surface area contributed by atoms with Gasteiger partial charge in [0.05, 0.1) is 17.3 Å². The quantitative estimate of drug-likeness (QED) is 0.805. The molecule has 106 valence electrons. The topological polar surface area (TPSA) is 96.0 Å². The average molecular weight is 291 g/mol. The van der Waals surface area contributed by atoms with Gasteiger partial charge in [0.15, 0.2) is 0 Å². The highest BCUT2D eigenvalue weighted by atomic mass is 32.2. The third-order valence-electron chi connectivity index (χ3n) is 4.38. The summed E-state index contributed by atoms with van der Waals surface area (Å²) in [5.41, 5.74) is 6.42. The summed E-state index contributed by atoms with van der Waals surface area (Å²) < 4.78 is 27.3. The van der Waals surface area contributed by atoms with E-state index in [1.54, 1.807) is 0 Å².